The van der Waals surface area contributed by atoms with Crippen LogP contribution >= 0.6 is 0 Å². The number of nitrogens with one attached hydrogen (secondary N) is 2. The van der Waals surface area contributed by atoms with E-state index in [2.05, 4.69) is 14.9 Å². The highest BCUT2D eigenvalue weighted by molar-refractivity contribution is 7.89. The number of rotatable bonds is 6. The van der Waals surface area contributed by atoms with Gasteiger partial charge in [-0.05, 0) is 12.3 Å². The molecule has 1 fully saturated rings. The second-order valence-corrected chi connectivity index (χ2v) is 5.72. The molecule has 1 aromatic rings. The Bertz CT molecular complexity index is 450. The Kier molecular flexibility index (Phi) is 3.27. The molecule has 3 N–H and O–H groups in total. The number of hydrogen-bond donors (Lipinski definition) is 3. The van der Waals surface area contributed by atoms with E-state index in [0.717, 1.165) is 6.42 Å². The predicted octanol–water partition coefficient (Wildman–Crippen LogP) is -0.0196. The van der Waals surface area contributed by atoms with E-state index in [4.69, 9.17) is 5.11 Å². The highest BCUT2D eigenvalue weighted by Gasteiger charge is 2.23. The number of sulfonamides is 1. The average Bonchev–Trinajstić information content (AvgIpc) is 2.93. The van der Waals surface area contributed by atoms with Crippen molar-refractivity contribution in [2.24, 2.45) is 5.92 Å². The zero-order valence-corrected chi connectivity index (χ0v) is 9.63. The molecule has 6 nitrogen and oxygen atoms in total. The van der Waals surface area contributed by atoms with Crippen molar-refractivity contribution in [2.75, 3.05) is 6.54 Å². The topological polar surface area (TPSA) is 95.1 Å². The van der Waals surface area contributed by atoms with Crippen LogP contribution in [0.3, 0.4) is 0 Å². The molecule has 1 saturated carbocycles. The molecule has 0 bridgehead atoms. The number of aliphatic hydroxyl groups is 1. The summed E-state index contributed by atoms with van der Waals surface area (Å²) in [6, 6.07) is 0. The monoisotopic (exact) mass is 245 g/mol. The second kappa shape index (κ2) is 4.52. The zero-order chi connectivity index (χ0) is 11.6. The van der Waals surface area contributed by atoms with Crippen molar-refractivity contribution in [3.8, 4) is 0 Å². The van der Waals surface area contributed by atoms with Crippen LogP contribution in [0.4, 0.5) is 0 Å². The molecule has 1 heterocycles. The second-order valence-electron chi connectivity index (χ2n) is 4.01. The van der Waals surface area contributed by atoms with Crippen LogP contribution < -0.4 is 4.72 Å². The average molecular weight is 245 g/mol. The SMILES string of the molecule is O=S(=O)(NCCC1CC1)c1[nH]ncc1CO. The van der Waals surface area contributed by atoms with Crippen molar-refractivity contribution in [1.29, 1.82) is 0 Å². The summed E-state index contributed by atoms with van der Waals surface area (Å²) in [4.78, 5) is 0. The van der Waals surface area contributed by atoms with E-state index in [-0.39, 0.29) is 11.6 Å². The van der Waals surface area contributed by atoms with Crippen molar-refractivity contribution in [3.05, 3.63) is 11.8 Å². The van der Waals surface area contributed by atoms with E-state index < -0.39 is 10.0 Å². The summed E-state index contributed by atoms with van der Waals surface area (Å²) < 4.78 is 26.1. The Morgan fingerprint density at radius 3 is 2.94 bits per heavy atom. The summed E-state index contributed by atoms with van der Waals surface area (Å²) in [5, 5.41) is 14.9. The smallest absolute Gasteiger partial charge is 0.257 e. The summed E-state index contributed by atoms with van der Waals surface area (Å²) in [5.41, 5.74) is 0.291. The Balaban J connectivity index is 1.99. The van der Waals surface area contributed by atoms with Gasteiger partial charge in [-0.1, -0.05) is 12.8 Å². The molecular formula is C9H15N3O3S. The van der Waals surface area contributed by atoms with Crippen LogP contribution in [0, 0.1) is 5.92 Å². The molecule has 2 rings (SSSR count). The molecule has 16 heavy (non-hydrogen) atoms. The molecule has 1 aliphatic carbocycles. The molecule has 0 unspecified atom stereocenters. The predicted molar refractivity (Wildman–Crippen MR) is 57.0 cm³/mol. The first-order valence-electron chi connectivity index (χ1n) is 5.26. The van der Waals surface area contributed by atoms with Crippen LogP contribution in [0.25, 0.3) is 0 Å². The fourth-order valence-corrected chi connectivity index (χ4v) is 2.69. The van der Waals surface area contributed by atoms with Gasteiger partial charge in [0.1, 0.15) is 0 Å². The minimum Gasteiger partial charge on any atom is -0.392 e. The first-order valence-corrected chi connectivity index (χ1v) is 6.74. The van der Waals surface area contributed by atoms with Gasteiger partial charge in [-0.15, -0.1) is 0 Å². The van der Waals surface area contributed by atoms with Crippen molar-refractivity contribution < 1.29 is 13.5 Å². The molecule has 0 radical (unpaired) electrons. The van der Waals surface area contributed by atoms with E-state index in [9.17, 15) is 8.42 Å². The lowest BCUT2D eigenvalue weighted by atomic mass is 10.3. The summed E-state index contributed by atoms with van der Waals surface area (Å²) >= 11 is 0. The number of H-pyrrole nitrogens is 1. The van der Waals surface area contributed by atoms with Crippen LogP contribution in [0.1, 0.15) is 24.8 Å². The number of nitrogens with zero attached hydrogens (tertiary/aromatic N) is 1. The molecule has 1 aromatic heterocycles. The lowest BCUT2D eigenvalue weighted by Gasteiger charge is -2.05. The Morgan fingerprint density at radius 1 is 1.56 bits per heavy atom. The largest absolute Gasteiger partial charge is 0.392 e. The van der Waals surface area contributed by atoms with E-state index in [0.29, 0.717) is 18.0 Å². The summed E-state index contributed by atoms with van der Waals surface area (Å²) in [7, 11) is -3.56. The van der Waals surface area contributed by atoms with Crippen LogP contribution in [0.5, 0.6) is 0 Å². The molecule has 0 aliphatic heterocycles. The zero-order valence-electron chi connectivity index (χ0n) is 8.81. The lowest BCUT2D eigenvalue weighted by molar-refractivity contribution is 0.278. The lowest BCUT2D eigenvalue weighted by Crippen LogP contribution is -2.26. The first kappa shape index (κ1) is 11.6. The van der Waals surface area contributed by atoms with Crippen LogP contribution in [-0.2, 0) is 16.6 Å². The molecule has 0 atom stereocenters. The summed E-state index contributed by atoms with van der Waals surface area (Å²) in [6.07, 6.45) is 4.60. The Hall–Kier alpha value is -0.920. The maximum absolute atomic E-state index is 11.8. The summed E-state index contributed by atoms with van der Waals surface area (Å²) in [6.45, 7) is 0.103. The maximum Gasteiger partial charge on any atom is 0.257 e. The standard InChI is InChI=1S/C9H15N3O3S/c13-6-8-5-10-12-9(8)16(14,15)11-4-3-7-1-2-7/h5,7,11,13H,1-4,6H2,(H,10,12). The summed E-state index contributed by atoms with van der Waals surface area (Å²) in [5.74, 6) is 0.682. The van der Waals surface area contributed by atoms with Crippen LogP contribution in [0.15, 0.2) is 11.2 Å². The molecule has 0 aromatic carbocycles. The van der Waals surface area contributed by atoms with Gasteiger partial charge in [-0.3, -0.25) is 5.10 Å². The third-order valence-corrected chi connectivity index (χ3v) is 4.13. The highest BCUT2D eigenvalue weighted by Crippen LogP contribution is 2.31. The van der Waals surface area contributed by atoms with Gasteiger partial charge in [0.15, 0.2) is 5.03 Å². The molecule has 7 heteroatoms. The number of hydrogen-bond acceptors (Lipinski definition) is 4. The number of aliphatic hydroxyl groups excluding tert-OH is 1. The van der Waals surface area contributed by atoms with E-state index in [1.54, 1.807) is 0 Å². The van der Waals surface area contributed by atoms with Crippen LogP contribution in [0.2, 0.25) is 0 Å². The Labute approximate surface area is 94.1 Å². The van der Waals surface area contributed by atoms with Gasteiger partial charge in [-0.25, -0.2) is 13.1 Å². The van der Waals surface area contributed by atoms with Crippen molar-refractivity contribution in [1.82, 2.24) is 14.9 Å². The molecule has 0 spiro atoms. The minimum atomic E-state index is -3.56. The molecule has 0 saturated heterocycles. The fraction of sp³-hybridized carbons (Fsp3) is 0.667. The highest BCUT2D eigenvalue weighted by atomic mass is 32.2. The third kappa shape index (κ3) is 2.60. The normalized spacial score (nSPS) is 16.6. The van der Waals surface area contributed by atoms with Gasteiger partial charge in [0.05, 0.1) is 12.8 Å². The van der Waals surface area contributed by atoms with Gasteiger partial charge in [-0.2, -0.15) is 5.10 Å². The molecule has 0 amide bonds. The van der Waals surface area contributed by atoms with Gasteiger partial charge >= 0.3 is 0 Å². The maximum atomic E-state index is 11.8. The number of aromatic nitrogens is 2. The first-order chi connectivity index (χ1) is 7.63. The fourth-order valence-electron chi connectivity index (χ4n) is 1.52. The van der Waals surface area contributed by atoms with Crippen LogP contribution in [-0.4, -0.2) is 30.3 Å². The van der Waals surface area contributed by atoms with E-state index >= 15 is 0 Å². The van der Waals surface area contributed by atoms with Gasteiger partial charge in [0.2, 0.25) is 0 Å². The Morgan fingerprint density at radius 2 is 2.31 bits per heavy atom. The van der Waals surface area contributed by atoms with Gasteiger partial charge in [0.25, 0.3) is 10.0 Å². The minimum absolute atomic E-state index is 0.0363. The van der Waals surface area contributed by atoms with Crippen molar-refractivity contribution >= 4 is 10.0 Å². The van der Waals surface area contributed by atoms with Crippen molar-refractivity contribution in [2.45, 2.75) is 30.9 Å². The molecule has 90 valence electrons. The molecule has 1 aliphatic rings. The quantitative estimate of drug-likeness (QED) is 0.656. The third-order valence-electron chi connectivity index (χ3n) is 2.66. The van der Waals surface area contributed by atoms with Gasteiger partial charge < -0.3 is 5.11 Å². The van der Waals surface area contributed by atoms with Crippen molar-refractivity contribution in [3.63, 3.8) is 0 Å². The molecular weight excluding hydrogens is 230 g/mol. The van der Waals surface area contributed by atoms with E-state index in [1.165, 1.54) is 19.0 Å². The van der Waals surface area contributed by atoms with Gasteiger partial charge in [0, 0.05) is 12.1 Å². The number of aromatic amines is 1. The van der Waals surface area contributed by atoms with E-state index in [1.807, 2.05) is 0 Å².